The molecule has 15 unspecified atom stereocenters. The van der Waals surface area contributed by atoms with Gasteiger partial charge >= 0.3 is 5.97 Å². The molecule has 0 aromatic rings. The summed E-state index contributed by atoms with van der Waals surface area (Å²) in [4.78, 5) is 58.6. The van der Waals surface area contributed by atoms with Crippen LogP contribution in [0.1, 0.15) is 112 Å². The van der Waals surface area contributed by atoms with E-state index in [0.29, 0.717) is 50.5 Å². The van der Waals surface area contributed by atoms with Gasteiger partial charge in [0.05, 0.1) is 36.4 Å². The number of piperidine rings is 1. The number of azo groups is 1. The summed E-state index contributed by atoms with van der Waals surface area (Å²) in [6.07, 6.45) is 6.14. The highest BCUT2D eigenvalue weighted by Gasteiger charge is 2.56. The second kappa shape index (κ2) is 22.3. The quantitative estimate of drug-likeness (QED) is 0.130. The maximum absolute atomic E-state index is 14.4. The van der Waals surface area contributed by atoms with E-state index >= 15 is 0 Å². The molecule has 4 aliphatic rings. The SMILES string of the molecule is C=CCC1CC(C)CC(C)CC(OC)C2OC(O)(C(=O)C(=O)N3CCCCC3C(=O)OC(C(C)=CC3CCC(O)C(OC)C3)C(C)C(=O)CC1N=NC)C(C)CC2OC. The van der Waals surface area contributed by atoms with E-state index in [1.165, 1.54) is 4.90 Å². The van der Waals surface area contributed by atoms with E-state index < -0.39 is 77.9 Å². The average Bonchev–Trinajstić information content (AvgIpc) is 3.21. The Hall–Kier alpha value is -2.88. The Labute approximate surface area is 351 Å². The minimum atomic E-state index is -2.49. The van der Waals surface area contributed by atoms with Crippen LogP contribution in [0.25, 0.3) is 0 Å². The lowest BCUT2D eigenvalue weighted by Gasteiger charge is -2.47. The maximum atomic E-state index is 14.4. The molecule has 14 nitrogen and oxygen atoms in total. The molecule has 0 spiro atoms. The second-order valence-electron chi connectivity index (χ2n) is 18.0. The van der Waals surface area contributed by atoms with Gasteiger partial charge in [-0.15, -0.1) is 6.58 Å². The second-order valence-corrected chi connectivity index (χ2v) is 18.0. The predicted molar refractivity (Wildman–Crippen MR) is 221 cm³/mol. The summed E-state index contributed by atoms with van der Waals surface area (Å²) in [5, 5.41) is 31.3. The number of carbonyl (C=O) groups is 4. The van der Waals surface area contributed by atoms with Crippen LogP contribution in [0.15, 0.2) is 34.5 Å². The van der Waals surface area contributed by atoms with Crippen LogP contribution >= 0.6 is 0 Å². The van der Waals surface area contributed by atoms with Gasteiger partial charge in [-0.1, -0.05) is 39.8 Å². The smallest absolute Gasteiger partial charge is 0.329 e. The van der Waals surface area contributed by atoms with Gasteiger partial charge in [-0.3, -0.25) is 14.4 Å². The van der Waals surface area contributed by atoms with E-state index in [-0.39, 0.29) is 61.4 Å². The van der Waals surface area contributed by atoms with Gasteiger partial charge in [-0.2, -0.15) is 10.2 Å². The van der Waals surface area contributed by atoms with Crippen molar-refractivity contribution in [3.63, 3.8) is 0 Å². The summed E-state index contributed by atoms with van der Waals surface area (Å²) in [5.41, 5.74) is 0.669. The molecule has 3 heterocycles. The topological polar surface area (TPSA) is 183 Å². The molecule has 1 saturated carbocycles. The van der Waals surface area contributed by atoms with Crippen LogP contribution < -0.4 is 0 Å². The van der Waals surface area contributed by atoms with Gasteiger partial charge in [-0.25, -0.2) is 4.79 Å². The number of ketones is 2. The van der Waals surface area contributed by atoms with E-state index in [4.69, 9.17) is 23.7 Å². The molecule has 3 saturated heterocycles. The Kier molecular flexibility index (Phi) is 18.4. The monoisotopic (exact) mass is 832 g/mol. The van der Waals surface area contributed by atoms with Gasteiger partial charge in [0, 0.05) is 47.3 Å². The first-order valence-electron chi connectivity index (χ1n) is 21.9. The molecule has 15 atom stereocenters. The van der Waals surface area contributed by atoms with Crippen LogP contribution in [-0.2, 0) is 42.9 Å². The molecule has 2 N–H and O–H groups in total. The zero-order valence-corrected chi connectivity index (χ0v) is 37.0. The summed E-state index contributed by atoms with van der Waals surface area (Å²) in [7, 11) is 6.29. The Bertz CT molecular complexity index is 1500. The highest BCUT2D eigenvalue weighted by atomic mass is 16.7. The normalized spacial score (nSPS) is 40.6. The fourth-order valence-electron chi connectivity index (χ4n) is 10.2. The average molecular weight is 832 g/mol. The third kappa shape index (κ3) is 11.9. The first-order valence-corrected chi connectivity index (χ1v) is 21.9. The number of Topliss-reactive ketones (excluding diaryl/α,β-unsaturated/α-hetero) is 2. The molecule has 14 heteroatoms. The molecule has 0 radical (unpaired) electrons. The van der Waals surface area contributed by atoms with Crippen molar-refractivity contribution in [3.8, 4) is 0 Å². The van der Waals surface area contributed by atoms with Crippen LogP contribution in [0.4, 0.5) is 0 Å². The number of aliphatic hydroxyl groups is 2. The van der Waals surface area contributed by atoms with E-state index in [1.807, 2.05) is 19.1 Å². The van der Waals surface area contributed by atoms with Crippen molar-refractivity contribution in [2.45, 2.75) is 166 Å². The fraction of sp³-hybridized carbons (Fsp3) is 0.822. The number of rotatable bonds is 8. The van der Waals surface area contributed by atoms with Crippen molar-refractivity contribution in [1.82, 2.24) is 4.90 Å². The molecular weight excluding hydrogens is 759 g/mol. The molecule has 0 aromatic heterocycles. The Balaban J connectivity index is 1.79. The molecule has 1 amide bonds. The summed E-state index contributed by atoms with van der Waals surface area (Å²) in [5.74, 6) is -6.89. The van der Waals surface area contributed by atoms with Gasteiger partial charge in [0.25, 0.3) is 11.7 Å². The van der Waals surface area contributed by atoms with Crippen molar-refractivity contribution in [3.05, 3.63) is 24.3 Å². The summed E-state index contributed by atoms with van der Waals surface area (Å²) >= 11 is 0. The number of methoxy groups -OCH3 is 3. The first kappa shape index (κ1) is 48.8. The number of carbonyl (C=O) groups excluding carboxylic acids is 4. The molecule has 334 valence electrons. The number of nitrogens with zero attached hydrogens (tertiary/aromatic N) is 3. The van der Waals surface area contributed by atoms with Crippen LogP contribution in [-0.4, -0.2) is 128 Å². The minimum Gasteiger partial charge on any atom is -0.456 e. The molecule has 4 rings (SSSR count). The molecule has 3 aliphatic heterocycles. The van der Waals surface area contributed by atoms with Crippen LogP contribution in [0.5, 0.6) is 0 Å². The van der Waals surface area contributed by atoms with Crippen LogP contribution in [0.3, 0.4) is 0 Å². The Morgan fingerprint density at radius 2 is 1.58 bits per heavy atom. The van der Waals surface area contributed by atoms with Gasteiger partial charge in [0.15, 0.2) is 0 Å². The Morgan fingerprint density at radius 3 is 2.22 bits per heavy atom. The molecule has 59 heavy (non-hydrogen) atoms. The number of cyclic esters (lactones) is 1. The number of amides is 1. The number of esters is 1. The summed E-state index contributed by atoms with van der Waals surface area (Å²) in [6, 6.07) is -1.57. The van der Waals surface area contributed by atoms with Crippen molar-refractivity contribution in [2.75, 3.05) is 34.9 Å². The number of hydrogen-bond acceptors (Lipinski definition) is 13. The lowest BCUT2D eigenvalue weighted by Crippen LogP contribution is -2.64. The predicted octanol–water partition coefficient (Wildman–Crippen LogP) is 5.81. The lowest BCUT2D eigenvalue weighted by atomic mass is 9.79. The molecule has 4 fully saturated rings. The maximum Gasteiger partial charge on any atom is 0.329 e. The van der Waals surface area contributed by atoms with E-state index in [1.54, 1.807) is 42.2 Å². The highest BCUT2D eigenvalue weighted by molar-refractivity contribution is 6.39. The van der Waals surface area contributed by atoms with Crippen molar-refractivity contribution < 1.29 is 53.1 Å². The largest absolute Gasteiger partial charge is 0.456 e. The minimum absolute atomic E-state index is 0.000158. The van der Waals surface area contributed by atoms with Gasteiger partial charge in [0.1, 0.15) is 24.0 Å². The summed E-state index contributed by atoms with van der Waals surface area (Å²) < 4.78 is 30.0. The molecule has 2 bridgehead atoms. The standard InChI is InChI=1S/C45H73N3O11/c1-11-14-32-20-26(2)19-27(3)21-38(56-9)41-39(57-10)23-29(5)45(54,59-41)42(51)43(52)48-18-13-12-15-34(48)44(53)58-40(30(6)36(50)25-33(32)47-46-7)28(4)22-31-16-17-35(49)37(24-31)55-8/h11,22,26-27,29-35,37-41,49,54H,1,12-21,23-25H2,2-10H3. The van der Waals surface area contributed by atoms with Crippen LogP contribution in [0, 0.1) is 35.5 Å². The van der Waals surface area contributed by atoms with Crippen molar-refractivity contribution in [2.24, 2.45) is 45.7 Å². The zero-order chi connectivity index (χ0) is 43.6. The van der Waals surface area contributed by atoms with Crippen molar-refractivity contribution in [1.29, 1.82) is 0 Å². The Morgan fingerprint density at radius 1 is 0.915 bits per heavy atom. The molecule has 0 aromatic carbocycles. The first-order chi connectivity index (χ1) is 28.0. The third-order valence-corrected chi connectivity index (χ3v) is 13.5. The van der Waals surface area contributed by atoms with Crippen molar-refractivity contribution >= 4 is 23.4 Å². The summed E-state index contributed by atoms with van der Waals surface area (Å²) in [6.45, 7) is 13.6. The number of hydrogen-bond donors (Lipinski definition) is 2. The third-order valence-electron chi connectivity index (χ3n) is 13.5. The number of ether oxygens (including phenoxy) is 5. The van der Waals surface area contributed by atoms with E-state index in [2.05, 4.69) is 30.7 Å². The molecule has 1 aliphatic carbocycles. The number of aliphatic hydroxyl groups excluding tert-OH is 1. The van der Waals surface area contributed by atoms with Gasteiger partial charge in [-0.05, 0) is 107 Å². The van der Waals surface area contributed by atoms with Gasteiger partial charge < -0.3 is 38.8 Å². The van der Waals surface area contributed by atoms with Crippen LogP contribution in [0.2, 0.25) is 0 Å². The fourth-order valence-corrected chi connectivity index (χ4v) is 10.2. The molecular formula is C45H73N3O11. The number of fused-ring (bicyclic) bond motifs is 3. The highest BCUT2D eigenvalue weighted by Crippen LogP contribution is 2.40. The zero-order valence-electron chi connectivity index (χ0n) is 37.0. The van der Waals surface area contributed by atoms with Gasteiger partial charge in [0.2, 0.25) is 5.79 Å². The number of allylic oxidation sites excluding steroid dienone is 2. The lowest BCUT2D eigenvalue weighted by molar-refractivity contribution is -0.302. The van der Waals surface area contributed by atoms with E-state index in [0.717, 1.165) is 12.8 Å². The van der Waals surface area contributed by atoms with E-state index in [9.17, 15) is 29.4 Å².